The number of hydrogen-bond donors (Lipinski definition) is 1. The van der Waals surface area contributed by atoms with Crippen molar-refractivity contribution in [3.63, 3.8) is 0 Å². The second-order valence-electron chi connectivity index (χ2n) is 4.11. The van der Waals surface area contributed by atoms with Crippen LogP contribution in [0.1, 0.15) is 6.42 Å². The van der Waals surface area contributed by atoms with Gasteiger partial charge in [0.2, 0.25) is 5.91 Å². The molecule has 0 aliphatic carbocycles. The van der Waals surface area contributed by atoms with E-state index in [0.717, 1.165) is 0 Å². The number of para-hydroxylation sites is 1. The van der Waals surface area contributed by atoms with Crippen molar-refractivity contribution in [2.24, 2.45) is 0 Å². The van der Waals surface area contributed by atoms with Gasteiger partial charge in [-0.25, -0.2) is 4.90 Å². The number of imide groups is 1. The van der Waals surface area contributed by atoms with Gasteiger partial charge in [0.05, 0.1) is 24.8 Å². The van der Waals surface area contributed by atoms with Crippen LogP contribution in [0.4, 0.5) is 5.69 Å². The summed E-state index contributed by atoms with van der Waals surface area (Å²) in [6.45, 7) is 1.08. The first-order valence-corrected chi connectivity index (χ1v) is 5.88. The zero-order chi connectivity index (χ0) is 13.0. The maximum absolute atomic E-state index is 12.1. The number of anilines is 1. The molecule has 2 amide bonds. The van der Waals surface area contributed by atoms with Crippen LogP contribution in [0.3, 0.4) is 0 Å². The Hall–Kier alpha value is -1.72. The lowest BCUT2D eigenvalue weighted by Crippen LogP contribution is -2.40. The zero-order valence-corrected chi connectivity index (χ0v) is 10.3. The van der Waals surface area contributed by atoms with Crippen LogP contribution in [0.5, 0.6) is 0 Å². The highest BCUT2D eigenvalue weighted by Crippen LogP contribution is 2.22. The molecule has 1 atom stereocenters. The molecule has 0 spiro atoms. The summed E-state index contributed by atoms with van der Waals surface area (Å²) >= 11 is 0. The van der Waals surface area contributed by atoms with Crippen LogP contribution in [0.2, 0.25) is 0 Å². The van der Waals surface area contributed by atoms with Gasteiger partial charge in [0.1, 0.15) is 0 Å². The van der Waals surface area contributed by atoms with Crippen LogP contribution < -0.4 is 10.2 Å². The molecule has 1 heterocycles. The minimum atomic E-state index is -0.437. The van der Waals surface area contributed by atoms with E-state index in [1.54, 1.807) is 19.2 Å². The standard InChI is InChI=1S/C13H16N2O3/c1-18-8-7-14-11-9-12(16)15(13(11)17)10-5-3-2-4-6-10/h2-6,11,14H,7-9H2,1H3/t11-/m0/s1. The van der Waals surface area contributed by atoms with Crippen molar-refractivity contribution in [2.75, 3.05) is 25.2 Å². The van der Waals surface area contributed by atoms with E-state index >= 15 is 0 Å². The lowest BCUT2D eigenvalue weighted by Gasteiger charge is -2.15. The average Bonchev–Trinajstić information content (AvgIpc) is 2.66. The Morgan fingerprint density at radius 1 is 1.33 bits per heavy atom. The third-order valence-corrected chi connectivity index (χ3v) is 2.86. The minimum absolute atomic E-state index is 0.166. The van der Waals surface area contributed by atoms with E-state index in [4.69, 9.17) is 4.74 Å². The molecule has 0 bridgehead atoms. The maximum atomic E-state index is 12.1. The number of ether oxygens (including phenoxy) is 1. The molecule has 0 aromatic heterocycles. The van der Waals surface area contributed by atoms with Crippen molar-refractivity contribution in [1.29, 1.82) is 0 Å². The summed E-state index contributed by atoms with van der Waals surface area (Å²) in [4.78, 5) is 25.2. The highest BCUT2D eigenvalue weighted by Gasteiger charge is 2.38. The van der Waals surface area contributed by atoms with Crippen LogP contribution in [-0.2, 0) is 14.3 Å². The van der Waals surface area contributed by atoms with Crippen LogP contribution >= 0.6 is 0 Å². The zero-order valence-electron chi connectivity index (χ0n) is 10.3. The Morgan fingerprint density at radius 3 is 2.72 bits per heavy atom. The van der Waals surface area contributed by atoms with Gasteiger partial charge in [0, 0.05) is 13.7 Å². The van der Waals surface area contributed by atoms with Crippen molar-refractivity contribution < 1.29 is 14.3 Å². The largest absolute Gasteiger partial charge is 0.383 e. The lowest BCUT2D eigenvalue weighted by molar-refractivity contribution is -0.121. The number of carbonyl (C=O) groups is 2. The number of methoxy groups -OCH3 is 1. The van der Waals surface area contributed by atoms with Gasteiger partial charge in [-0.2, -0.15) is 0 Å². The Morgan fingerprint density at radius 2 is 2.06 bits per heavy atom. The van der Waals surface area contributed by atoms with E-state index < -0.39 is 6.04 Å². The predicted molar refractivity (Wildman–Crippen MR) is 67.2 cm³/mol. The van der Waals surface area contributed by atoms with E-state index in [0.29, 0.717) is 18.8 Å². The molecule has 1 aromatic carbocycles. The molecule has 18 heavy (non-hydrogen) atoms. The van der Waals surface area contributed by atoms with Gasteiger partial charge in [0.25, 0.3) is 5.91 Å². The summed E-state index contributed by atoms with van der Waals surface area (Å²) in [5.41, 5.74) is 0.628. The van der Waals surface area contributed by atoms with Crippen molar-refractivity contribution in [2.45, 2.75) is 12.5 Å². The Balaban J connectivity index is 2.06. The number of hydrogen-bond acceptors (Lipinski definition) is 4. The quantitative estimate of drug-likeness (QED) is 0.611. The molecule has 1 aliphatic heterocycles. The average molecular weight is 248 g/mol. The normalized spacial score (nSPS) is 19.6. The number of amides is 2. The highest BCUT2D eigenvalue weighted by molar-refractivity contribution is 6.22. The number of nitrogens with zero attached hydrogens (tertiary/aromatic N) is 1. The fourth-order valence-electron chi connectivity index (χ4n) is 1.97. The SMILES string of the molecule is COCCN[C@H]1CC(=O)N(c2ccccc2)C1=O. The van der Waals surface area contributed by atoms with Gasteiger partial charge in [-0.15, -0.1) is 0 Å². The van der Waals surface area contributed by atoms with Gasteiger partial charge < -0.3 is 10.1 Å². The van der Waals surface area contributed by atoms with Crippen LogP contribution in [0.15, 0.2) is 30.3 Å². The van der Waals surface area contributed by atoms with Crippen molar-refractivity contribution in [1.82, 2.24) is 5.32 Å². The Bertz CT molecular complexity index is 433. The molecule has 0 radical (unpaired) electrons. The minimum Gasteiger partial charge on any atom is -0.383 e. The first-order valence-electron chi connectivity index (χ1n) is 5.88. The third-order valence-electron chi connectivity index (χ3n) is 2.86. The molecule has 1 aliphatic rings. The number of benzene rings is 1. The van der Waals surface area contributed by atoms with Crippen LogP contribution in [-0.4, -0.2) is 38.1 Å². The maximum Gasteiger partial charge on any atom is 0.251 e. The van der Waals surface area contributed by atoms with Gasteiger partial charge in [-0.05, 0) is 12.1 Å². The second kappa shape index (κ2) is 5.75. The van der Waals surface area contributed by atoms with Crippen molar-refractivity contribution in [3.05, 3.63) is 30.3 Å². The molecule has 1 aromatic rings. The molecule has 2 rings (SSSR count). The van der Waals surface area contributed by atoms with E-state index in [1.807, 2.05) is 18.2 Å². The van der Waals surface area contributed by atoms with E-state index in [1.165, 1.54) is 4.90 Å². The lowest BCUT2D eigenvalue weighted by atomic mass is 10.2. The van der Waals surface area contributed by atoms with Crippen LogP contribution in [0, 0.1) is 0 Å². The summed E-state index contributed by atoms with van der Waals surface area (Å²) in [5.74, 6) is -0.358. The smallest absolute Gasteiger partial charge is 0.251 e. The first kappa shape index (κ1) is 12.7. The van der Waals surface area contributed by atoms with Gasteiger partial charge in [-0.1, -0.05) is 18.2 Å². The summed E-state index contributed by atoms with van der Waals surface area (Å²) in [6, 6.07) is 8.54. The molecule has 5 nitrogen and oxygen atoms in total. The second-order valence-corrected chi connectivity index (χ2v) is 4.11. The fourth-order valence-corrected chi connectivity index (χ4v) is 1.97. The molecule has 96 valence electrons. The summed E-state index contributed by atoms with van der Waals surface area (Å²) < 4.78 is 4.90. The number of nitrogens with one attached hydrogen (secondary N) is 1. The van der Waals surface area contributed by atoms with Crippen molar-refractivity contribution >= 4 is 17.5 Å². The predicted octanol–water partition coefficient (Wildman–Crippen LogP) is 0.554. The molecule has 5 heteroatoms. The molecular weight excluding hydrogens is 232 g/mol. The van der Waals surface area contributed by atoms with E-state index in [2.05, 4.69) is 5.32 Å². The van der Waals surface area contributed by atoms with E-state index in [-0.39, 0.29) is 18.2 Å². The molecule has 0 unspecified atom stereocenters. The van der Waals surface area contributed by atoms with Crippen molar-refractivity contribution in [3.8, 4) is 0 Å². The third kappa shape index (κ3) is 2.57. The first-order chi connectivity index (χ1) is 8.74. The topological polar surface area (TPSA) is 58.6 Å². The summed E-state index contributed by atoms with van der Waals surface area (Å²) in [5, 5.41) is 3.03. The monoisotopic (exact) mass is 248 g/mol. The van der Waals surface area contributed by atoms with Gasteiger partial charge >= 0.3 is 0 Å². The number of rotatable bonds is 5. The summed E-state index contributed by atoms with van der Waals surface area (Å²) in [6.07, 6.45) is 0.206. The van der Waals surface area contributed by atoms with Crippen LogP contribution in [0.25, 0.3) is 0 Å². The van der Waals surface area contributed by atoms with E-state index in [9.17, 15) is 9.59 Å². The summed E-state index contributed by atoms with van der Waals surface area (Å²) in [7, 11) is 1.60. The van der Waals surface area contributed by atoms with Gasteiger partial charge in [-0.3, -0.25) is 9.59 Å². The van der Waals surface area contributed by atoms with Gasteiger partial charge in [0.15, 0.2) is 0 Å². The molecule has 0 saturated carbocycles. The molecule has 1 N–H and O–H groups in total. The number of carbonyl (C=O) groups excluding carboxylic acids is 2. The fraction of sp³-hybridized carbons (Fsp3) is 0.385. The Kier molecular flexibility index (Phi) is 4.07. The molecule has 1 saturated heterocycles. The highest BCUT2D eigenvalue weighted by atomic mass is 16.5. The molecular formula is C13H16N2O3. The molecule has 1 fully saturated rings. The Labute approximate surface area is 106 Å².